The summed E-state index contributed by atoms with van der Waals surface area (Å²) in [5.74, 6) is 1.76. The molecule has 8 nitrogen and oxygen atoms in total. The highest BCUT2D eigenvalue weighted by molar-refractivity contribution is 5.99. The predicted octanol–water partition coefficient (Wildman–Crippen LogP) is 2.96. The van der Waals surface area contributed by atoms with Gasteiger partial charge < -0.3 is 20.4 Å². The van der Waals surface area contributed by atoms with E-state index in [-0.39, 0.29) is 17.5 Å². The van der Waals surface area contributed by atoms with E-state index in [4.69, 9.17) is 10.5 Å². The Morgan fingerprint density at radius 3 is 2.79 bits per heavy atom. The van der Waals surface area contributed by atoms with Crippen LogP contribution in [0.3, 0.4) is 0 Å². The SMILES string of the molecule is COc1ccc(NC(=O)/N=C(\N)C2CCCN(CCC3CCCCC3)C2)[nH]c1=O. The highest BCUT2D eigenvalue weighted by Gasteiger charge is 2.24. The predicted molar refractivity (Wildman–Crippen MR) is 115 cm³/mol. The first-order chi connectivity index (χ1) is 14.0. The number of methoxy groups -OCH3 is 1. The fourth-order valence-electron chi connectivity index (χ4n) is 4.39. The number of anilines is 1. The number of amides is 2. The number of aromatic nitrogens is 1. The molecule has 1 saturated heterocycles. The van der Waals surface area contributed by atoms with Crippen LogP contribution in [0.15, 0.2) is 21.9 Å². The molecule has 4 N–H and O–H groups in total. The fourth-order valence-corrected chi connectivity index (χ4v) is 4.39. The van der Waals surface area contributed by atoms with Gasteiger partial charge in [0.2, 0.25) is 0 Å². The molecule has 1 aliphatic heterocycles. The Kier molecular flexibility index (Phi) is 7.69. The molecule has 2 amide bonds. The number of nitrogens with two attached hydrogens (primary N) is 1. The quantitative estimate of drug-likeness (QED) is 0.499. The summed E-state index contributed by atoms with van der Waals surface area (Å²) in [5, 5.41) is 2.55. The molecule has 1 saturated carbocycles. The molecule has 0 spiro atoms. The van der Waals surface area contributed by atoms with Crippen LogP contribution >= 0.6 is 0 Å². The number of aliphatic imine (C=N–C) groups is 1. The van der Waals surface area contributed by atoms with Crippen LogP contribution in [0.25, 0.3) is 0 Å². The number of likely N-dealkylation sites (tertiary alicyclic amines) is 1. The van der Waals surface area contributed by atoms with Crippen molar-refractivity contribution in [1.29, 1.82) is 0 Å². The first-order valence-electron chi connectivity index (χ1n) is 10.7. The number of hydrogen-bond donors (Lipinski definition) is 3. The smallest absolute Gasteiger partial charge is 0.348 e. The Hall–Kier alpha value is -2.35. The number of nitrogens with one attached hydrogen (secondary N) is 2. The van der Waals surface area contributed by atoms with Crippen LogP contribution in [0.5, 0.6) is 5.75 Å². The van der Waals surface area contributed by atoms with Gasteiger partial charge in [0, 0.05) is 12.5 Å². The first kappa shape index (κ1) is 21.4. The number of piperidine rings is 1. The van der Waals surface area contributed by atoms with Crippen LogP contribution in [0.1, 0.15) is 51.4 Å². The van der Waals surface area contributed by atoms with Gasteiger partial charge in [0.1, 0.15) is 11.7 Å². The lowest BCUT2D eigenvalue weighted by Crippen LogP contribution is -2.42. The van der Waals surface area contributed by atoms with E-state index in [1.807, 2.05) is 0 Å². The van der Waals surface area contributed by atoms with E-state index in [0.29, 0.717) is 5.84 Å². The minimum atomic E-state index is -0.581. The second kappa shape index (κ2) is 10.4. The van der Waals surface area contributed by atoms with Crippen molar-refractivity contribution in [3.05, 3.63) is 22.5 Å². The third kappa shape index (κ3) is 6.32. The van der Waals surface area contributed by atoms with Gasteiger partial charge in [-0.15, -0.1) is 0 Å². The van der Waals surface area contributed by atoms with Crippen molar-refractivity contribution in [2.45, 2.75) is 51.4 Å². The maximum atomic E-state index is 12.2. The van der Waals surface area contributed by atoms with Crippen LogP contribution in [0.2, 0.25) is 0 Å². The molecule has 1 aromatic rings. The highest BCUT2D eigenvalue weighted by Crippen LogP contribution is 2.27. The standard InChI is InChI=1S/C21H33N5O3/c1-29-17-9-10-18(23-20(17)27)24-21(28)25-19(22)16-8-5-12-26(14-16)13-11-15-6-3-2-4-7-15/h9-10,15-16H,2-8,11-14H2,1H3,(H4,22,23,24,25,27,28). The summed E-state index contributed by atoms with van der Waals surface area (Å²) in [5.41, 5.74) is 5.74. The Labute approximate surface area is 171 Å². The number of nitrogens with zero attached hydrogens (tertiary/aromatic N) is 2. The van der Waals surface area contributed by atoms with Gasteiger partial charge in [-0.1, -0.05) is 32.1 Å². The summed E-state index contributed by atoms with van der Waals surface area (Å²) in [6.45, 7) is 3.05. The molecule has 0 aromatic carbocycles. The molecule has 2 fully saturated rings. The van der Waals surface area contributed by atoms with Crippen LogP contribution < -0.4 is 21.3 Å². The first-order valence-corrected chi connectivity index (χ1v) is 10.7. The zero-order chi connectivity index (χ0) is 20.6. The second-order valence-corrected chi connectivity index (χ2v) is 8.17. The molecular weight excluding hydrogens is 370 g/mol. The van der Waals surface area contributed by atoms with Crippen molar-refractivity contribution >= 4 is 17.7 Å². The molecule has 8 heteroatoms. The largest absolute Gasteiger partial charge is 0.491 e. The van der Waals surface area contributed by atoms with Gasteiger partial charge in [-0.3, -0.25) is 10.1 Å². The average molecular weight is 404 g/mol. The second-order valence-electron chi connectivity index (χ2n) is 8.17. The Morgan fingerprint density at radius 2 is 2.07 bits per heavy atom. The summed E-state index contributed by atoms with van der Waals surface area (Å²) in [7, 11) is 1.41. The molecule has 29 heavy (non-hydrogen) atoms. The zero-order valence-electron chi connectivity index (χ0n) is 17.3. The monoisotopic (exact) mass is 403 g/mol. The maximum absolute atomic E-state index is 12.2. The molecular formula is C21H33N5O3. The van der Waals surface area contributed by atoms with Gasteiger partial charge in [0.15, 0.2) is 5.75 Å². The third-order valence-corrected chi connectivity index (χ3v) is 6.07. The summed E-state index contributed by atoms with van der Waals surface area (Å²) in [4.78, 5) is 32.9. The van der Waals surface area contributed by atoms with Gasteiger partial charge in [-0.25, -0.2) is 4.79 Å². The normalized spacial score (nSPS) is 21.7. The van der Waals surface area contributed by atoms with E-state index in [2.05, 4.69) is 20.2 Å². The van der Waals surface area contributed by atoms with Gasteiger partial charge in [0.05, 0.1) is 7.11 Å². The zero-order valence-corrected chi connectivity index (χ0v) is 17.3. The Balaban J connectivity index is 1.50. The molecule has 1 unspecified atom stereocenters. The minimum Gasteiger partial charge on any atom is -0.491 e. The van der Waals surface area contributed by atoms with Crippen molar-refractivity contribution < 1.29 is 9.53 Å². The molecule has 0 radical (unpaired) electrons. The topological polar surface area (TPSA) is 113 Å². The molecule has 0 bridgehead atoms. The lowest BCUT2D eigenvalue weighted by Gasteiger charge is -2.33. The average Bonchev–Trinajstić information content (AvgIpc) is 2.73. The van der Waals surface area contributed by atoms with Crippen molar-refractivity contribution in [2.24, 2.45) is 22.6 Å². The van der Waals surface area contributed by atoms with E-state index in [1.54, 1.807) is 6.07 Å². The van der Waals surface area contributed by atoms with Crippen molar-refractivity contribution in [1.82, 2.24) is 9.88 Å². The molecule has 1 aliphatic carbocycles. The van der Waals surface area contributed by atoms with Crippen LogP contribution in [0, 0.1) is 11.8 Å². The fraction of sp³-hybridized carbons (Fsp3) is 0.667. The number of ether oxygens (including phenoxy) is 1. The molecule has 2 aliphatic rings. The summed E-state index contributed by atoms with van der Waals surface area (Å²) in [6.07, 6.45) is 10.2. The van der Waals surface area contributed by atoms with E-state index < -0.39 is 11.6 Å². The van der Waals surface area contributed by atoms with Crippen LogP contribution in [-0.4, -0.2) is 48.5 Å². The Bertz CT molecular complexity index is 770. The molecule has 2 heterocycles. The summed E-state index contributed by atoms with van der Waals surface area (Å²) in [6, 6.07) is 2.47. The van der Waals surface area contributed by atoms with Gasteiger partial charge in [-0.05, 0) is 50.4 Å². The Morgan fingerprint density at radius 1 is 1.28 bits per heavy atom. The number of aromatic amines is 1. The number of H-pyrrole nitrogens is 1. The van der Waals surface area contributed by atoms with Gasteiger partial charge >= 0.3 is 6.03 Å². The minimum absolute atomic E-state index is 0.0933. The number of amidine groups is 1. The summed E-state index contributed by atoms with van der Waals surface area (Å²) >= 11 is 0. The van der Waals surface area contributed by atoms with Gasteiger partial charge in [-0.2, -0.15) is 4.99 Å². The lowest BCUT2D eigenvalue weighted by atomic mass is 9.86. The van der Waals surface area contributed by atoms with E-state index in [9.17, 15) is 9.59 Å². The number of carbonyl (C=O) groups excluding carboxylic acids is 1. The number of hydrogen-bond acceptors (Lipinski definition) is 4. The van der Waals surface area contributed by atoms with Crippen LogP contribution in [0.4, 0.5) is 10.6 Å². The van der Waals surface area contributed by atoms with Crippen molar-refractivity contribution in [3.8, 4) is 5.75 Å². The van der Waals surface area contributed by atoms with E-state index >= 15 is 0 Å². The van der Waals surface area contributed by atoms with E-state index in [1.165, 1.54) is 51.7 Å². The molecule has 1 atom stereocenters. The molecule has 160 valence electrons. The molecule has 3 rings (SSSR count). The summed E-state index contributed by atoms with van der Waals surface area (Å²) < 4.78 is 4.91. The number of urea groups is 1. The van der Waals surface area contributed by atoms with E-state index in [0.717, 1.165) is 38.4 Å². The van der Waals surface area contributed by atoms with Crippen molar-refractivity contribution in [2.75, 3.05) is 32.1 Å². The van der Waals surface area contributed by atoms with Crippen LogP contribution in [-0.2, 0) is 0 Å². The molecule has 1 aromatic heterocycles. The number of rotatable bonds is 6. The number of pyridine rings is 1. The third-order valence-electron chi connectivity index (χ3n) is 6.07. The lowest BCUT2D eigenvalue weighted by molar-refractivity contribution is 0.182. The number of carbonyl (C=O) groups is 1. The van der Waals surface area contributed by atoms with Gasteiger partial charge in [0.25, 0.3) is 5.56 Å². The highest BCUT2D eigenvalue weighted by atomic mass is 16.5. The van der Waals surface area contributed by atoms with Crippen molar-refractivity contribution in [3.63, 3.8) is 0 Å². The maximum Gasteiger partial charge on any atom is 0.348 e.